The summed E-state index contributed by atoms with van der Waals surface area (Å²) in [7, 11) is 0. The molecule has 0 amide bonds. The van der Waals surface area contributed by atoms with Gasteiger partial charge in [0.05, 0.1) is 0 Å². The number of halogens is 1. The molecule has 0 spiro atoms. The van der Waals surface area contributed by atoms with Gasteiger partial charge in [0.2, 0.25) is 0 Å². The maximum atomic E-state index is 10.5. The molecule has 94 valence electrons. The number of hydrogen-bond donors (Lipinski definition) is 1. The number of aryl methyl sites for hydroxylation is 3. The average Bonchev–Trinajstić information content (AvgIpc) is 2.30. The molecule has 0 aliphatic carbocycles. The Bertz CT molecular complexity index is 555. The first-order valence-electron chi connectivity index (χ1n) is 5.99. The van der Waals surface area contributed by atoms with E-state index in [1.54, 1.807) is 0 Å². The number of benzene rings is 2. The van der Waals surface area contributed by atoms with Crippen molar-refractivity contribution in [2.24, 2.45) is 0 Å². The zero-order valence-electron chi connectivity index (χ0n) is 10.9. The summed E-state index contributed by atoms with van der Waals surface area (Å²) in [4.78, 5) is 0. The van der Waals surface area contributed by atoms with Crippen LogP contribution in [0.4, 0.5) is 0 Å². The summed E-state index contributed by atoms with van der Waals surface area (Å²) in [5.74, 6) is 0. The molecule has 1 unspecified atom stereocenters. The highest BCUT2D eigenvalue weighted by Gasteiger charge is 2.14. The summed E-state index contributed by atoms with van der Waals surface area (Å²) >= 11 is 3.51. The van der Waals surface area contributed by atoms with Gasteiger partial charge in [0.15, 0.2) is 0 Å². The fourth-order valence-electron chi connectivity index (χ4n) is 2.22. The third kappa shape index (κ3) is 2.82. The van der Waals surface area contributed by atoms with Gasteiger partial charge in [-0.2, -0.15) is 0 Å². The molecule has 18 heavy (non-hydrogen) atoms. The molecule has 1 atom stereocenters. The van der Waals surface area contributed by atoms with E-state index in [1.165, 1.54) is 11.1 Å². The van der Waals surface area contributed by atoms with Crippen LogP contribution in [0.3, 0.4) is 0 Å². The van der Waals surface area contributed by atoms with Gasteiger partial charge in [-0.25, -0.2) is 0 Å². The summed E-state index contributed by atoms with van der Waals surface area (Å²) in [5, 5.41) is 10.5. The monoisotopic (exact) mass is 304 g/mol. The third-order valence-electron chi connectivity index (χ3n) is 3.01. The smallest absolute Gasteiger partial charge is 0.105 e. The van der Waals surface area contributed by atoms with E-state index in [4.69, 9.17) is 0 Å². The lowest BCUT2D eigenvalue weighted by Crippen LogP contribution is -2.02. The highest BCUT2D eigenvalue weighted by Crippen LogP contribution is 2.30. The van der Waals surface area contributed by atoms with Crippen LogP contribution in [-0.2, 0) is 0 Å². The first kappa shape index (κ1) is 13.3. The van der Waals surface area contributed by atoms with Gasteiger partial charge < -0.3 is 5.11 Å². The van der Waals surface area contributed by atoms with E-state index in [1.807, 2.05) is 37.3 Å². The van der Waals surface area contributed by atoms with E-state index in [0.717, 1.165) is 21.2 Å². The SMILES string of the molecule is Cc1cc(C)cc(C(O)c2cc(C)ccc2Br)c1. The van der Waals surface area contributed by atoms with Crippen LogP contribution in [0.1, 0.15) is 33.9 Å². The summed E-state index contributed by atoms with van der Waals surface area (Å²) in [5.41, 5.74) is 5.36. The Balaban J connectivity index is 2.47. The van der Waals surface area contributed by atoms with E-state index in [-0.39, 0.29) is 0 Å². The quantitative estimate of drug-likeness (QED) is 0.868. The van der Waals surface area contributed by atoms with E-state index >= 15 is 0 Å². The first-order chi connectivity index (χ1) is 8.47. The molecular formula is C16H17BrO. The van der Waals surface area contributed by atoms with Crippen molar-refractivity contribution < 1.29 is 5.11 Å². The van der Waals surface area contributed by atoms with Gasteiger partial charge >= 0.3 is 0 Å². The van der Waals surface area contributed by atoms with Gasteiger partial charge in [-0.05, 0) is 38.0 Å². The van der Waals surface area contributed by atoms with Crippen molar-refractivity contribution in [3.05, 3.63) is 68.7 Å². The lowest BCUT2D eigenvalue weighted by atomic mass is 9.97. The van der Waals surface area contributed by atoms with Crippen molar-refractivity contribution >= 4 is 15.9 Å². The van der Waals surface area contributed by atoms with Gasteiger partial charge in [0, 0.05) is 4.47 Å². The fraction of sp³-hybridized carbons (Fsp3) is 0.250. The molecule has 0 fully saturated rings. The Kier molecular flexibility index (Phi) is 3.88. The van der Waals surface area contributed by atoms with Gasteiger partial charge in [-0.3, -0.25) is 0 Å². The molecule has 0 heterocycles. The Morgan fingerprint density at radius 3 is 2.11 bits per heavy atom. The lowest BCUT2D eigenvalue weighted by Gasteiger charge is -2.15. The molecule has 2 heteroatoms. The number of aliphatic hydroxyl groups is 1. The predicted molar refractivity (Wildman–Crippen MR) is 78.9 cm³/mol. The molecule has 2 rings (SSSR count). The van der Waals surface area contributed by atoms with E-state index in [9.17, 15) is 5.11 Å². The van der Waals surface area contributed by atoms with Crippen LogP contribution in [-0.4, -0.2) is 5.11 Å². The standard InChI is InChI=1S/C16H17BrO/c1-10-4-5-15(17)14(9-10)16(18)13-7-11(2)6-12(3)8-13/h4-9,16,18H,1-3H3. The third-order valence-corrected chi connectivity index (χ3v) is 3.73. The number of rotatable bonds is 2. The van der Waals surface area contributed by atoms with Gasteiger partial charge in [0.1, 0.15) is 6.10 Å². The van der Waals surface area contributed by atoms with Crippen molar-refractivity contribution in [2.45, 2.75) is 26.9 Å². The normalized spacial score (nSPS) is 12.5. The van der Waals surface area contributed by atoms with Gasteiger partial charge in [-0.1, -0.05) is 63.0 Å². The van der Waals surface area contributed by atoms with Crippen LogP contribution in [0.15, 0.2) is 40.9 Å². The summed E-state index contributed by atoms with van der Waals surface area (Å²) in [6.45, 7) is 6.13. The minimum absolute atomic E-state index is 0.585. The van der Waals surface area contributed by atoms with Crippen LogP contribution in [0.5, 0.6) is 0 Å². The summed E-state index contributed by atoms with van der Waals surface area (Å²) < 4.78 is 0.944. The molecule has 0 saturated heterocycles. The van der Waals surface area contributed by atoms with Gasteiger partial charge in [-0.15, -0.1) is 0 Å². The zero-order valence-corrected chi connectivity index (χ0v) is 12.5. The molecule has 0 radical (unpaired) electrons. The van der Waals surface area contributed by atoms with Crippen LogP contribution >= 0.6 is 15.9 Å². The van der Waals surface area contributed by atoms with Crippen LogP contribution in [0.2, 0.25) is 0 Å². The van der Waals surface area contributed by atoms with Crippen molar-refractivity contribution in [3.8, 4) is 0 Å². The second-order valence-corrected chi connectivity index (χ2v) is 5.70. The Labute approximate surface area is 117 Å². The molecule has 1 nitrogen and oxygen atoms in total. The van der Waals surface area contributed by atoms with Crippen molar-refractivity contribution in [2.75, 3.05) is 0 Å². The lowest BCUT2D eigenvalue weighted by molar-refractivity contribution is 0.219. The highest BCUT2D eigenvalue weighted by molar-refractivity contribution is 9.10. The molecule has 1 N–H and O–H groups in total. The van der Waals surface area contributed by atoms with Crippen molar-refractivity contribution in [3.63, 3.8) is 0 Å². The predicted octanol–water partition coefficient (Wildman–Crippen LogP) is 4.46. The van der Waals surface area contributed by atoms with E-state index < -0.39 is 6.10 Å². The highest BCUT2D eigenvalue weighted by atomic mass is 79.9. The second kappa shape index (κ2) is 5.25. The molecule has 2 aromatic rings. The summed E-state index contributed by atoms with van der Waals surface area (Å²) in [6.07, 6.45) is -0.585. The first-order valence-corrected chi connectivity index (χ1v) is 6.79. The topological polar surface area (TPSA) is 20.2 Å². The van der Waals surface area contributed by atoms with Crippen LogP contribution in [0.25, 0.3) is 0 Å². The maximum absolute atomic E-state index is 10.5. The second-order valence-electron chi connectivity index (χ2n) is 4.85. The average molecular weight is 305 g/mol. The minimum atomic E-state index is -0.585. The largest absolute Gasteiger partial charge is 0.384 e. The number of aliphatic hydroxyl groups excluding tert-OH is 1. The minimum Gasteiger partial charge on any atom is -0.384 e. The molecule has 0 bridgehead atoms. The van der Waals surface area contributed by atoms with Crippen molar-refractivity contribution in [1.29, 1.82) is 0 Å². The molecule has 0 aliphatic heterocycles. The molecule has 0 saturated carbocycles. The molecule has 0 aliphatic rings. The van der Waals surface area contributed by atoms with Gasteiger partial charge in [0.25, 0.3) is 0 Å². The Morgan fingerprint density at radius 2 is 1.50 bits per heavy atom. The molecular weight excluding hydrogens is 288 g/mol. The summed E-state index contributed by atoms with van der Waals surface area (Å²) in [6, 6.07) is 12.2. The van der Waals surface area contributed by atoms with E-state index in [2.05, 4.69) is 35.8 Å². The molecule has 2 aromatic carbocycles. The maximum Gasteiger partial charge on any atom is 0.105 e. The van der Waals surface area contributed by atoms with E-state index in [0.29, 0.717) is 0 Å². The molecule has 0 aromatic heterocycles. The number of hydrogen-bond acceptors (Lipinski definition) is 1. The Hall–Kier alpha value is -1.12. The zero-order chi connectivity index (χ0) is 13.3. The van der Waals surface area contributed by atoms with Crippen LogP contribution in [0, 0.1) is 20.8 Å². The Morgan fingerprint density at radius 1 is 0.889 bits per heavy atom. The van der Waals surface area contributed by atoms with Crippen LogP contribution < -0.4 is 0 Å². The van der Waals surface area contributed by atoms with Crippen molar-refractivity contribution in [1.82, 2.24) is 0 Å². The fourth-order valence-corrected chi connectivity index (χ4v) is 2.68.